The van der Waals surface area contributed by atoms with Crippen molar-refractivity contribution in [1.29, 1.82) is 0 Å². The second kappa shape index (κ2) is 7.33. The van der Waals surface area contributed by atoms with Crippen molar-refractivity contribution in [3.8, 4) is 0 Å². The fraction of sp³-hybridized carbons (Fsp3) is 0.400. The average molecular weight is 374 g/mol. The van der Waals surface area contributed by atoms with E-state index in [1.807, 2.05) is 17.2 Å². The molecular weight excluding hydrogens is 353 g/mol. The molecule has 2 atom stereocenters. The first-order valence-electron chi connectivity index (χ1n) is 8.97. The molecule has 5 rings (SSSR count). The summed E-state index contributed by atoms with van der Waals surface area (Å²) < 4.78 is 13.3. The van der Waals surface area contributed by atoms with Gasteiger partial charge in [0, 0.05) is 44.6 Å². The monoisotopic (exact) mass is 373 g/mol. The molecule has 26 heavy (non-hydrogen) atoms. The predicted octanol–water partition coefficient (Wildman–Crippen LogP) is 3.61. The van der Waals surface area contributed by atoms with E-state index in [1.165, 1.54) is 23.8 Å². The van der Waals surface area contributed by atoms with Crippen molar-refractivity contribution in [3.05, 3.63) is 64.7 Å². The van der Waals surface area contributed by atoms with Gasteiger partial charge in [-0.05, 0) is 48.6 Å². The molecule has 136 valence electrons. The Bertz CT molecular complexity index is 801. The van der Waals surface area contributed by atoms with Crippen LogP contribution in [-0.4, -0.2) is 46.4 Å². The Morgan fingerprint density at radius 3 is 2.88 bits per heavy atom. The van der Waals surface area contributed by atoms with Gasteiger partial charge in [-0.15, -0.1) is 0 Å². The van der Waals surface area contributed by atoms with Crippen LogP contribution in [0.5, 0.6) is 0 Å². The van der Waals surface area contributed by atoms with Crippen LogP contribution in [0.1, 0.15) is 28.8 Å². The van der Waals surface area contributed by atoms with Gasteiger partial charge in [0.1, 0.15) is 5.82 Å². The van der Waals surface area contributed by atoms with E-state index in [0.29, 0.717) is 11.5 Å². The van der Waals surface area contributed by atoms with E-state index in [-0.39, 0.29) is 17.0 Å². The largest absolute Gasteiger partial charge is 0.334 e. The number of nitrogens with zero attached hydrogens (tertiary/aromatic N) is 3. The number of fused-ring (bicyclic) bond motifs is 4. The Labute approximate surface area is 157 Å². The number of benzene rings is 1. The third-order valence-corrected chi connectivity index (χ3v) is 5.65. The lowest BCUT2D eigenvalue weighted by Gasteiger charge is -2.36. The molecule has 4 heterocycles. The lowest BCUT2D eigenvalue weighted by molar-refractivity contribution is 0.0585. The van der Waals surface area contributed by atoms with Gasteiger partial charge >= 0.3 is 0 Å². The molecule has 3 aliphatic rings. The third-order valence-electron chi connectivity index (χ3n) is 5.34. The minimum atomic E-state index is -0.424. The molecule has 1 amide bonds. The first-order chi connectivity index (χ1) is 12.6. The maximum Gasteiger partial charge on any atom is 0.255 e. The normalized spacial score (nSPS) is 23.1. The van der Waals surface area contributed by atoms with E-state index in [1.54, 1.807) is 6.20 Å². The van der Waals surface area contributed by atoms with Crippen LogP contribution >= 0.6 is 11.6 Å². The lowest BCUT2D eigenvalue weighted by Crippen LogP contribution is -2.47. The van der Waals surface area contributed by atoms with Crippen LogP contribution in [0.15, 0.2) is 42.7 Å². The maximum absolute atomic E-state index is 13.3. The van der Waals surface area contributed by atoms with Crippen molar-refractivity contribution in [3.63, 3.8) is 0 Å². The Kier molecular flexibility index (Phi) is 4.92. The molecule has 0 radical (unpaired) electrons. The second-order valence-electron chi connectivity index (χ2n) is 7.23. The van der Waals surface area contributed by atoms with E-state index in [0.717, 1.165) is 39.0 Å². The minimum Gasteiger partial charge on any atom is -0.334 e. The number of aromatic nitrogens is 1. The highest BCUT2D eigenvalue weighted by atomic mass is 35.5. The molecule has 0 spiro atoms. The number of hydrogen-bond acceptors (Lipinski definition) is 3. The van der Waals surface area contributed by atoms with Crippen molar-refractivity contribution in [2.45, 2.75) is 25.4 Å². The van der Waals surface area contributed by atoms with Crippen LogP contribution in [0.3, 0.4) is 0 Å². The molecular formula is C20H21ClFN3O. The molecule has 3 fully saturated rings. The summed E-state index contributed by atoms with van der Waals surface area (Å²) in [5, 5.41) is 0.183. The summed E-state index contributed by atoms with van der Waals surface area (Å²) in [6, 6.07) is 8.20. The zero-order valence-electron chi connectivity index (χ0n) is 14.4. The van der Waals surface area contributed by atoms with Crippen molar-refractivity contribution >= 4 is 17.5 Å². The molecule has 3 aliphatic heterocycles. The summed E-state index contributed by atoms with van der Waals surface area (Å²) in [7, 11) is 0. The van der Waals surface area contributed by atoms with Gasteiger partial charge in [-0.3, -0.25) is 14.7 Å². The van der Waals surface area contributed by atoms with Crippen LogP contribution in [0.2, 0.25) is 5.02 Å². The number of carbonyl (C=O) groups is 1. The molecule has 1 aromatic heterocycles. The van der Waals surface area contributed by atoms with E-state index >= 15 is 0 Å². The Morgan fingerprint density at radius 2 is 2.12 bits per heavy atom. The topological polar surface area (TPSA) is 36.4 Å². The molecule has 6 heteroatoms. The van der Waals surface area contributed by atoms with E-state index in [4.69, 9.17) is 11.6 Å². The minimum absolute atomic E-state index is 0.0899. The summed E-state index contributed by atoms with van der Waals surface area (Å²) in [5.41, 5.74) is 1.58. The van der Waals surface area contributed by atoms with Gasteiger partial charge in [-0.25, -0.2) is 4.39 Å². The zero-order valence-corrected chi connectivity index (χ0v) is 15.2. The van der Waals surface area contributed by atoms with Gasteiger partial charge < -0.3 is 4.90 Å². The van der Waals surface area contributed by atoms with Gasteiger partial charge in [0.05, 0.1) is 10.6 Å². The van der Waals surface area contributed by atoms with Crippen molar-refractivity contribution in [2.24, 2.45) is 5.92 Å². The second-order valence-corrected chi connectivity index (χ2v) is 7.64. The van der Waals surface area contributed by atoms with E-state index < -0.39 is 5.82 Å². The summed E-state index contributed by atoms with van der Waals surface area (Å²) in [4.78, 5) is 21.6. The van der Waals surface area contributed by atoms with Gasteiger partial charge in [0.2, 0.25) is 0 Å². The molecule has 0 unspecified atom stereocenters. The Hall–Kier alpha value is -1.98. The van der Waals surface area contributed by atoms with Crippen LogP contribution in [0, 0.1) is 11.7 Å². The van der Waals surface area contributed by atoms with Crippen LogP contribution in [0.4, 0.5) is 4.39 Å². The summed E-state index contributed by atoms with van der Waals surface area (Å²) >= 11 is 6.12. The summed E-state index contributed by atoms with van der Waals surface area (Å²) in [6.07, 6.45) is 5.81. The molecule has 0 saturated carbocycles. The molecule has 3 saturated heterocycles. The van der Waals surface area contributed by atoms with Crippen LogP contribution in [-0.2, 0) is 6.54 Å². The van der Waals surface area contributed by atoms with Gasteiger partial charge in [0.25, 0.3) is 5.91 Å². The number of halogens is 2. The predicted molar refractivity (Wildman–Crippen MR) is 98.5 cm³/mol. The first-order valence-corrected chi connectivity index (χ1v) is 9.35. The number of hydrogen-bond donors (Lipinski definition) is 0. The van der Waals surface area contributed by atoms with Crippen LogP contribution in [0.25, 0.3) is 0 Å². The Balaban J connectivity index is 1.52. The van der Waals surface area contributed by atoms with Crippen molar-refractivity contribution in [2.75, 3.05) is 19.6 Å². The number of pyridine rings is 1. The average Bonchev–Trinajstić information content (AvgIpc) is 2.92. The van der Waals surface area contributed by atoms with Gasteiger partial charge in [-0.1, -0.05) is 17.7 Å². The van der Waals surface area contributed by atoms with Crippen LogP contribution < -0.4 is 0 Å². The maximum atomic E-state index is 13.3. The third kappa shape index (κ3) is 3.60. The SMILES string of the molecule is O=C(c1ccc(F)cc1Cl)N1C[C@H]2CC[C@@H]1CN(Cc1cccnc1)C2. The van der Waals surface area contributed by atoms with Gasteiger partial charge in [-0.2, -0.15) is 0 Å². The smallest absolute Gasteiger partial charge is 0.255 e. The lowest BCUT2D eigenvalue weighted by atomic mass is 9.94. The van der Waals surface area contributed by atoms with Crippen molar-refractivity contribution in [1.82, 2.24) is 14.8 Å². The molecule has 0 aliphatic carbocycles. The van der Waals surface area contributed by atoms with E-state index in [2.05, 4.69) is 16.0 Å². The fourth-order valence-electron chi connectivity index (χ4n) is 4.12. The number of carbonyl (C=O) groups excluding carboxylic acids is 1. The highest BCUT2D eigenvalue weighted by Crippen LogP contribution is 2.31. The standard InChI is InChI=1S/C20H21ClFN3O/c21-19-8-16(22)4-6-18(19)20(26)25-12-15-3-5-17(25)13-24(11-15)10-14-2-1-7-23-9-14/h1-2,4,6-9,15,17H,3,5,10-13H2/t15-,17+/m0/s1. The molecule has 1 aromatic carbocycles. The number of amides is 1. The highest BCUT2D eigenvalue weighted by Gasteiger charge is 2.37. The number of piperidine rings is 1. The van der Waals surface area contributed by atoms with Crippen molar-refractivity contribution < 1.29 is 9.18 Å². The molecule has 2 aromatic rings. The quantitative estimate of drug-likeness (QED) is 0.824. The Morgan fingerprint density at radius 1 is 1.23 bits per heavy atom. The van der Waals surface area contributed by atoms with E-state index in [9.17, 15) is 9.18 Å². The molecule has 4 nitrogen and oxygen atoms in total. The summed E-state index contributed by atoms with van der Waals surface area (Å²) in [5.74, 6) is -0.0619. The summed E-state index contributed by atoms with van der Waals surface area (Å²) in [6.45, 7) is 3.41. The van der Waals surface area contributed by atoms with Gasteiger partial charge in [0.15, 0.2) is 0 Å². The molecule has 2 bridgehead atoms. The number of rotatable bonds is 3. The fourth-order valence-corrected chi connectivity index (χ4v) is 4.37. The zero-order chi connectivity index (χ0) is 18.1. The first kappa shape index (κ1) is 17.4. The molecule has 0 N–H and O–H groups in total. The highest BCUT2D eigenvalue weighted by molar-refractivity contribution is 6.33.